The van der Waals surface area contributed by atoms with E-state index in [2.05, 4.69) is 9.97 Å². The fraction of sp³-hybridized carbons (Fsp3) is 0.435. The van der Waals surface area contributed by atoms with Gasteiger partial charge in [-0.15, -0.1) is 0 Å². The van der Waals surface area contributed by atoms with Crippen molar-refractivity contribution in [3.05, 3.63) is 47.8 Å². The molecule has 3 aromatic rings. The third-order valence-electron chi connectivity index (χ3n) is 6.28. The van der Waals surface area contributed by atoms with Crippen LogP contribution in [0.4, 0.5) is 4.39 Å². The zero-order chi connectivity index (χ0) is 20.9. The van der Waals surface area contributed by atoms with Crippen LogP contribution in [0.25, 0.3) is 22.3 Å². The lowest BCUT2D eigenvalue weighted by atomic mass is 10.0. The number of nitrogens with zero attached hydrogens (tertiary/aromatic N) is 1. The molecule has 0 radical (unpaired) electrons. The quantitative estimate of drug-likeness (QED) is 0.667. The molecule has 0 bridgehead atoms. The largest absolute Gasteiger partial charge is 0.470 e. The molecule has 2 aromatic heterocycles. The van der Waals surface area contributed by atoms with Crippen molar-refractivity contribution >= 4 is 11.0 Å². The second-order valence-corrected chi connectivity index (χ2v) is 8.33. The van der Waals surface area contributed by atoms with Gasteiger partial charge in [0.2, 0.25) is 0 Å². The Labute approximate surface area is 178 Å². The van der Waals surface area contributed by atoms with E-state index < -0.39 is 11.9 Å². The molecule has 0 saturated carbocycles. The van der Waals surface area contributed by atoms with E-state index in [0.29, 0.717) is 34.8 Å². The molecule has 3 saturated heterocycles. The summed E-state index contributed by atoms with van der Waals surface area (Å²) in [7, 11) is 0. The van der Waals surface area contributed by atoms with Crippen molar-refractivity contribution in [3.63, 3.8) is 0 Å². The Balaban J connectivity index is 1.24. The SMILES string of the molecule is OC1CO[C@@H]2C(Oc3cc4nc(-c5ccc(C6CCCO6)cc5)c(F)cc4[nH]3)CO[C@H]12. The lowest BCUT2D eigenvalue weighted by Gasteiger charge is -2.16. The van der Waals surface area contributed by atoms with Gasteiger partial charge < -0.3 is 29.0 Å². The van der Waals surface area contributed by atoms with Crippen LogP contribution in [0.5, 0.6) is 5.88 Å². The molecule has 7 nitrogen and oxygen atoms in total. The highest BCUT2D eigenvalue weighted by Gasteiger charge is 2.48. The summed E-state index contributed by atoms with van der Waals surface area (Å²) in [5, 5.41) is 9.87. The first-order valence-electron chi connectivity index (χ1n) is 10.6. The van der Waals surface area contributed by atoms with Crippen LogP contribution >= 0.6 is 0 Å². The number of hydrogen-bond acceptors (Lipinski definition) is 6. The number of aliphatic hydroxyl groups is 1. The summed E-state index contributed by atoms with van der Waals surface area (Å²) in [6.07, 6.45) is 0.553. The van der Waals surface area contributed by atoms with E-state index in [1.807, 2.05) is 24.3 Å². The number of aromatic nitrogens is 2. The highest BCUT2D eigenvalue weighted by Crippen LogP contribution is 2.33. The maximum atomic E-state index is 14.8. The van der Waals surface area contributed by atoms with Gasteiger partial charge in [0, 0.05) is 24.3 Å². The van der Waals surface area contributed by atoms with E-state index in [1.165, 1.54) is 6.07 Å². The summed E-state index contributed by atoms with van der Waals surface area (Å²) in [6.45, 7) is 1.35. The minimum Gasteiger partial charge on any atom is -0.470 e. The minimum absolute atomic E-state index is 0.128. The number of fused-ring (bicyclic) bond motifs is 2. The number of pyridine rings is 1. The van der Waals surface area contributed by atoms with E-state index in [-0.39, 0.29) is 31.0 Å². The second kappa shape index (κ2) is 7.56. The highest BCUT2D eigenvalue weighted by atomic mass is 19.1. The number of halogens is 1. The van der Waals surface area contributed by atoms with Crippen LogP contribution in [0.2, 0.25) is 0 Å². The zero-order valence-corrected chi connectivity index (χ0v) is 16.8. The second-order valence-electron chi connectivity index (χ2n) is 8.33. The molecule has 2 N–H and O–H groups in total. The van der Waals surface area contributed by atoms with Crippen molar-refractivity contribution < 1.29 is 28.4 Å². The maximum Gasteiger partial charge on any atom is 0.193 e. The van der Waals surface area contributed by atoms with Gasteiger partial charge in [-0.05, 0) is 18.4 Å². The van der Waals surface area contributed by atoms with Crippen LogP contribution in [0.1, 0.15) is 24.5 Å². The molecule has 0 amide bonds. The highest BCUT2D eigenvalue weighted by molar-refractivity contribution is 5.80. The Morgan fingerprint density at radius 2 is 1.90 bits per heavy atom. The van der Waals surface area contributed by atoms with Crippen LogP contribution in [0.3, 0.4) is 0 Å². The first-order valence-corrected chi connectivity index (χ1v) is 10.6. The standard InChI is InChI=1S/C23H23FN2O5/c24-14-8-15-16(9-20(25-15)31-19-11-30-22-17(27)10-29-23(19)22)26-21(14)13-5-3-12(4-6-13)18-2-1-7-28-18/h3-6,8-9,17-19,22-23,25,27H,1-2,7,10-11H2/t17?,18?,19?,22-,23-/m1/s1. The van der Waals surface area contributed by atoms with Crippen LogP contribution in [-0.2, 0) is 14.2 Å². The molecule has 1 aromatic carbocycles. The fourth-order valence-corrected chi connectivity index (χ4v) is 4.68. The van der Waals surface area contributed by atoms with Gasteiger partial charge in [-0.2, -0.15) is 0 Å². The van der Waals surface area contributed by atoms with E-state index in [0.717, 1.165) is 25.0 Å². The molecule has 3 aliphatic heterocycles. The summed E-state index contributed by atoms with van der Waals surface area (Å²) in [5.41, 5.74) is 3.28. The van der Waals surface area contributed by atoms with Crippen molar-refractivity contribution in [2.24, 2.45) is 0 Å². The Bertz CT molecular complexity index is 1100. The van der Waals surface area contributed by atoms with Crippen molar-refractivity contribution in [2.75, 3.05) is 19.8 Å². The van der Waals surface area contributed by atoms with Crippen LogP contribution in [0.15, 0.2) is 36.4 Å². The summed E-state index contributed by atoms with van der Waals surface area (Å²) >= 11 is 0. The molecule has 3 fully saturated rings. The van der Waals surface area contributed by atoms with Gasteiger partial charge >= 0.3 is 0 Å². The smallest absolute Gasteiger partial charge is 0.193 e. The van der Waals surface area contributed by atoms with Crippen LogP contribution in [0, 0.1) is 5.82 Å². The first-order chi connectivity index (χ1) is 15.2. The fourth-order valence-electron chi connectivity index (χ4n) is 4.68. The molecule has 0 spiro atoms. The van der Waals surface area contributed by atoms with E-state index in [1.54, 1.807) is 6.07 Å². The summed E-state index contributed by atoms with van der Waals surface area (Å²) in [5.74, 6) is 0.0595. The third kappa shape index (κ3) is 3.40. The van der Waals surface area contributed by atoms with Gasteiger partial charge in [-0.1, -0.05) is 24.3 Å². The van der Waals surface area contributed by atoms with Crippen molar-refractivity contribution in [3.8, 4) is 17.1 Å². The number of aromatic amines is 1. The Morgan fingerprint density at radius 3 is 2.71 bits per heavy atom. The number of benzene rings is 1. The lowest BCUT2D eigenvalue weighted by Crippen LogP contribution is -2.34. The molecule has 5 atom stereocenters. The molecule has 3 unspecified atom stereocenters. The summed E-state index contributed by atoms with van der Waals surface area (Å²) in [6, 6.07) is 10.9. The topological polar surface area (TPSA) is 85.8 Å². The average molecular weight is 426 g/mol. The average Bonchev–Trinajstić information content (AvgIpc) is 3.55. The molecule has 6 rings (SSSR count). The lowest BCUT2D eigenvalue weighted by molar-refractivity contribution is 0.00794. The van der Waals surface area contributed by atoms with Crippen LogP contribution < -0.4 is 4.74 Å². The van der Waals surface area contributed by atoms with Gasteiger partial charge in [0.25, 0.3) is 0 Å². The number of ether oxygens (including phenoxy) is 4. The molecule has 31 heavy (non-hydrogen) atoms. The molecule has 3 aliphatic rings. The van der Waals surface area contributed by atoms with Gasteiger partial charge in [0.15, 0.2) is 17.8 Å². The maximum absolute atomic E-state index is 14.8. The molecular weight excluding hydrogens is 403 g/mol. The van der Waals surface area contributed by atoms with Gasteiger partial charge in [-0.3, -0.25) is 0 Å². The monoisotopic (exact) mass is 426 g/mol. The van der Waals surface area contributed by atoms with Crippen molar-refractivity contribution in [1.82, 2.24) is 9.97 Å². The summed E-state index contributed by atoms with van der Waals surface area (Å²) in [4.78, 5) is 7.59. The predicted octanol–water partition coefficient (Wildman–Crippen LogP) is 3.13. The zero-order valence-electron chi connectivity index (χ0n) is 16.8. The Hall–Kier alpha value is -2.52. The number of nitrogens with one attached hydrogen (secondary N) is 1. The third-order valence-corrected chi connectivity index (χ3v) is 6.28. The van der Waals surface area contributed by atoms with Crippen molar-refractivity contribution in [2.45, 2.75) is 43.4 Å². The molecule has 8 heteroatoms. The predicted molar refractivity (Wildman–Crippen MR) is 109 cm³/mol. The van der Waals surface area contributed by atoms with Crippen molar-refractivity contribution in [1.29, 1.82) is 0 Å². The Morgan fingerprint density at radius 1 is 1.06 bits per heavy atom. The van der Waals surface area contributed by atoms with E-state index in [4.69, 9.17) is 18.9 Å². The Kier molecular flexibility index (Phi) is 4.68. The molecule has 5 heterocycles. The number of aliphatic hydroxyl groups excluding tert-OH is 1. The molecule has 0 aliphatic carbocycles. The number of H-pyrrole nitrogens is 1. The first kappa shape index (κ1) is 19.2. The van der Waals surface area contributed by atoms with Crippen LogP contribution in [-0.4, -0.2) is 59.3 Å². The van der Waals surface area contributed by atoms with E-state index in [9.17, 15) is 9.50 Å². The molecular formula is C23H23FN2O5. The molecule has 162 valence electrons. The summed E-state index contributed by atoms with van der Waals surface area (Å²) < 4.78 is 37.7. The number of rotatable bonds is 4. The number of hydrogen-bond donors (Lipinski definition) is 2. The van der Waals surface area contributed by atoms with Gasteiger partial charge in [0.05, 0.1) is 30.4 Å². The van der Waals surface area contributed by atoms with Gasteiger partial charge in [-0.25, -0.2) is 9.37 Å². The minimum atomic E-state index is -0.633. The normalized spacial score (nSPS) is 30.2. The van der Waals surface area contributed by atoms with E-state index >= 15 is 0 Å². The van der Waals surface area contributed by atoms with Gasteiger partial charge in [0.1, 0.15) is 24.0 Å².